The lowest BCUT2D eigenvalue weighted by Crippen LogP contribution is -2.41. The van der Waals surface area contributed by atoms with Crippen LogP contribution in [-0.4, -0.2) is 48.5 Å². The predicted octanol–water partition coefficient (Wildman–Crippen LogP) is 3.51. The first-order valence-corrected chi connectivity index (χ1v) is 13.7. The summed E-state index contributed by atoms with van der Waals surface area (Å²) in [5, 5.41) is -0.332. The van der Waals surface area contributed by atoms with Gasteiger partial charge < -0.3 is 15.4 Å². The molecule has 11 heteroatoms. The van der Waals surface area contributed by atoms with Gasteiger partial charge in [-0.3, -0.25) is 4.79 Å². The van der Waals surface area contributed by atoms with Crippen LogP contribution in [0.4, 0.5) is 11.6 Å². The number of ether oxygens (including phenoxy) is 1. The van der Waals surface area contributed by atoms with Crippen LogP contribution in [0.25, 0.3) is 11.3 Å². The Labute approximate surface area is 217 Å². The number of aromatic nitrogens is 3. The van der Waals surface area contributed by atoms with Crippen LogP contribution >= 0.6 is 0 Å². The van der Waals surface area contributed by atoms with Crippen molar-refractivity contribution < 1.29 is 17.9 Å². The van der Waals surface area contributed by atoms with Crippen molar-refractivity contribution in [1.82, 2.24) is 19.7 Å². The number of carbonyl (C=O) groups is 1. The van der Waals surface area contributed by atoms with Gasteiger partial charge in [0.2, 0.25) is 5.88 Å². The number of rotatable bonds is 7. The highest BCUT2D eigenvalue weighted by Gasteiger charge is 2.29. The summed E-state index contributed by atoms with van der Waals surface area (Å²) in [5.74, 6) is 0.958. The maximum atomic E-state index is 13.3. The normalized spacial score (nSPS) is 18.0. The summed E-state index contributed by atoms with van der Waals surface area (Å²) < 4.78 is 33.5. The number of hydrogen-bond donors (Lipinski definition) is 2. The topological polar surface area (TPSA) is 140 Å². The molecule has 3 N–H and O–H groups in total. The average molecular weight is 525 g/mol. The highest BCUT2D eigenvalue weighted by molar-refractivity contribution is 7.90. The van der Waals surface area contributed by atoms with Gasteiger partial charge in [0.15, 0.2) is 5.03 Å². The van der Waals surface area contributed by atoms with Gasteiger partial charge in [-0.05, 0) is 62.4 Å². The smallest absolute Gasteiger partial charge is 0.281 e. The van der Waals surface area contributed by atoms with Crippen LogP contribution in [0.2, 0.25) is 0 Å². The number of piperidine rings is 1. The largest absolute Gasteiger partial charge is 0.475 e. The summed E-state index contributed by atoms with van der Waals surface area (Å²) >= 11 is 0. The van der Waals surface area contributed by atoms with Crippen LogP contribution in [0, 0.1) is 11.8 Å². The van der Waals surface area contributed by atoms with Crippen LogP contribution in [0.5, 0.6) is 5.88 Å². The number of anilines is 2. The Kier molecular flexibility index (Phi) is 7.63. The van der Waals surface area contributed by atoms with Gasteiger partial charge in [0.1, 0.15) is 11.6 Å². The van der Waals surface area contributed by atoms with Gasteiger partial charge in [-0.25, -0.2) is 19.7 Å². The lowest BCUT2D eigenvalue weighted by atomic mass is 9.91. The van der Waals surface area contributed by atoms with Crippen molar-refractivity contribution in [2.75, 3.05) is 23.7 Å². The zero-order chi connectivity index (χ0) is 26.7. The molecule has 4 rings (SSSR count). The van der Waals surface area contributed by atoms with Crippen LogP contribution in [0.3, 0.4) is 0 Å². The quantitative estimate of drug-likeness (QED) is 0.475. The summed E-state index contributed by atoms with van der Waals surface area (Å²) in [6.45, 7) is 9.56. The molecular formula is C26H32N6O4S. The second kappa shape index (κ2) is 10.7. The van der Waals surface area contributed by atoms with E-state index in [9.17, 15) is 13.2 Å². The van der Waals surface area contributed by atoms with Crippen LogP contribution < -0.4 is 20.1 Å². The molecule has 0 aromatic carbocycles. The number of nitrogens with one attached hydrogen (secondary N) is 1. The summed E-state index contributed by atoms with van der Waals surface area (Å²) in [6.07, 6.45) is 2.73. The van der Waals surface area contributed by atoms with Crippen molar-refractivity contribution in [3.63, 3.8) is 0 Å². The Morgan fingerprint density at radius 3 is 2.43 bits per heavy atom. The maximum Gasteiger partial charge on any atom is 0.281 e. The molecule has 10 nitrogen and oxygen atoms in total. The van der Waals surface area contributed by atoms with E-state index in [0.29, 0.717) is 42.3 Å². The Hall–Kier alpha value is -3.73. The molecule has 0 spiro atoms. The third-order valence-electron chi connectivity index (χ3n) is 5.92. The van der Waals surface area contributed by atoms with E-state index in [2.05, 4.69) is 28.5 Å². The number of carbonyl (C=O) groups excluding carboxylic acids is 1. The Morgan fingerprint density at radius 1 is 1.08 bits per heavy atom. The van der Waals surface area contributed by atoms with E-state index in [1.807, 2.05) is 24.8 Å². The Bertz CT molecular complexity index is 1370. The average Bonchev–Trinajstić information content (AvgIpc) is 2.83. The van der Waals surface area contributed by atoms with E-state index in [0.717, 1.165) is 12.0 Å². The SMILES string of the molecule is CC(C)Oc1ccc(-c2ccc(C(=O)NS(=O)(=O)c3cccc(N)n3)c(N3C[C@H](C)C[C@H](C)C3)n2)cn1. The minimum Gasteiger partial charge on any atom is -0.475 e. The number of nitrogens with zero attached hydrogens (tertiary/aromatic N) is 4. The van der Waals surface area contributed by atoms with Crippen molar-refractivity contribution in [3.05, 3.63) is 54.2 Å². The molecule has 37 heavy (non-hydrogen) atoms. The molecule has 0 bridgehead atoms. The monoisotopic (exact) mass is 524 g/mol. The van der Waals surface area contributed by atoms with Crippen LogP contribution in [0.15, 0.2) is 53.7 Å². The number of hydrogen-bond acceptors (Lipinski definition) is 9. The molecule has 1 saturated heterocycles. The van der Waals surface area contributed by atoms with Crippen LogP contribution in [0.1, 0.15) is 44.5 Å². The van der Waals surface area contributed by atoms with Gasteiger partial charge in [-0.1, -0.05) is 19.9 Å². The van der Waals surface area contributed by atoms with Gasteiger partial charge in [0.25, 0.3) is 15.9 Å². The standard InChI is InChI=1S/C26H32N6O4S/c1-16(2)36-23-11-8-19(13-28-23)21-10-9-20(25(29-21)32-14-17(3)12-18(4)15-32)26(33)31-37(34,35)24-7-5-6-22(27)30-24/h5-11,13,16-18H,12,14-15H2,1-4H3,(H2,27,30)(H,31,33)/t17-,18+. The van der Waals surface area contributed by atoms with Crippen molar-refractivity contribution in [2.24, 2.45) is 11.8 Å². The summed E-state index contributed by atoms with van der Waals surface area (Å²) in [6, 6.07) is 11.1. The van der Waals surface area contributed by atoms with Gasteiger partial charge in [-0.15, -0.1) is 0 Å². The molecule has 0 radical (unpaired) electrons. The van der Waals surface area contributed by atoms with E-state index in [1.54, 1.807) is 24.4 Å². The second-order valence-electron chi connectivity index (χ2n) is 9.81. The summed E-state index contributed by atoms with van der Waals surface area (Å²) in [7, 11) is -4.24. The number of nitrogen functional groups attached to an aromatic ring is 1. The third kappa shape index (κ3) is 6.34. The van der Waals surface area contributed by atoms with Gasteiger partial charge in [-0.2, -0.15) is 8.42 Å². The first-order valence-electron chi connectivity index (χ1n) is 12.2. The van der Waals surface area contributed by atoms with Crippen molar-refractivity contribution in [3.8, 4) is 17.1 Å². The molecular weight excluding hydrogens is 492 g/mol. The lowest BCUT2D eigenvalue weighted by molar-refractivity contribution is 0.0981. The first kappa shape index (κ1) is 26.3. The number of nitrogens with two attached hydrogens (primary N) is 1. The number of sulfonamides is 1. The predicted molar refractivity (Wildman–Crippen MR) is 142 cm³/mol. The minimum atomic E-state index is -4.24. The van der Waals surface area contributed by atoms with Crippen LogP contribution in [-0.2, 0) is 10.0 Å². The van der Waals surface area contributed by atoms with Crippen molar-refractivity contribution in [1.29, 1.82) is 0 Å². The summed E-state index contributed by atoms with van der Waals surface area (Å²) in [5.41, 5.74) is 7.15. The highest BCUT2D eigenvalue weighted by atomic mass is 32.2. The zero-order valence-corrected chi connectivity index (χ0v) is 22.2. The number of pyridine rings is 3. The molecule has 2 atom stereocenters. The lowest BCUT2D eigenvalue weighted by Gasteiger charge is -2.36. The molecule has 1 aliphatic heterocycles. The molecule has 3 aromatic rings. The Balaban J connectivity index is 1.70. The fourth-order valence-electron chi connectivity index (χ4n) is 4.52. The molecule has 0 aliphatic carbocycles. The third-order valence-corrected chi connectivity index (χ3v) is 7.16. The zero-order valence-electron chi connectivity index (χ0n) is 21.4. The molecule has 196 valence electrons. The van der Waals surface area contributed by atoms with Gasteiger partial charge in [0.05, 0.1) is 17.4 Å². The van der Waals surface area contributed by atoms with Crippen molar-refractivity contribution >= 4 is 27.6 Å². The fourth-order valence-corrected chi connectivity index (χ4v) is 5.46. The molecule has 0 unspecified atom stereocenters. The Morgan fingerprint density at radius 2 is 1.81 bits per heavy atom. The molecule has 3 aromatic heterocycles. The molecule has 1 amide bonds. The molecule has 1 fully saturated rings. The molecule has 4 heterocycles. The van der Waals surface area contributed by atoms with E-state index >= 15 is 0 Å². The van der Waals surface area contributed by atoms with E-state index in [4.69, 9.17) is 15.5 Å². The minimum absolute atomic E-state index is 0.00256. The molecule has 1 aliphatic rings. The summed E-state index contributed by atoms with van der Waals surface area (Å²) in [4.78, 5) is 28.4. The second-order valence-corrected chi connectivity index (χ2v) is 11.4. The van der Waals surface area contributed by atoms with E-state index in [-0.39, 0.29) is 22.5 Å². The fraction of sp³-hybridized carbons (Fsp3) is 0.385. The maximum absolute atomic E-state index is 13.3. The van der Waals surface area contributed by atoms with Gasteiger partial charge in [0, 0.05) is 30.9 Å². The van der Waals surface area contributed by atoms with Crippen molar-refractivity contribution in [2.45, 2.75) is 45.2 Å². The van der Waals surface area contributed by atoms with E-state index in [1.165, 1.54) is 18.2 Å². The molecule has 0 saturated carbocycles. The van der Waals surface area contributed by atoms with E-state index < -0.39 is 15.9 Å². The highest BCUT2D eigenvalue weighted by Crippen LogP contribution is 2.30. The first-order chi connectivity index (χ1) is 17.5. The van der Waals surface area contributed by atoms with Gasteiger partial charge >= 0.3 is 0 Å². The number of amides is 1.